The summed E-state index contributed by atoms with van der Waals surface area (Å²) in [6, 6.07) is 3.99. The van der Waals surface area contributed by atoms with Crippen LogP contribution in [0.4, 0.5) is 0 Å². The van der Waals surface area contributed by atoms with Crippen LogP contribution in [0.1, 0.15) is 11.1 Å². The van der Waals surface area contributed by atoms with Gasteiger partial charge >= 0.3 is 0 Å². The first-order valence-corrected chi connectivity index (χ1v) is 4.63. The average molecular weight is 194 g/mol. The molecule has 0 aliphatic carbocycles. The van der Waals surface area contributed by atoms with Gasteiger partial charge in [0.15, 0.2) is 0 Å². The van der Waals surface area contributed by atoms with Gasteiger partial charge in [-0.25, -0.2) is 0 Å². The van der Waals surface area contributed by atoms with Crippen LogP contribution >= 0.6 is 12.6 Å². The van der Waals surface area contributed by atoms with Crippen LogP contribution in [0.15, 0.2) is 29.7 Å². The summed E-state index contributed by atoms with van der Waals surface area (Å²) in [6.45, 7) is 8.20. The zero-order valence-electron chi connectivity index (χ0n) is 8.00. The third-order valence-electron chi connectivity index (χ3n) is 1.79. The molecule has 1 aromatic carbocycles. The Labute approximate surface area is 84.8 Å². The molecule has 0 aromatic heterocycles. The van der Waals surface area contributed by atoms with Gasteiger partial charge < -0.3 is 4.74 Å². The summed E-state index contributed by atoms with van der Waals surface area (Å²) in [4.78, 5) is 0.973. The molecule has 0 radical (unpaired) electrons. The van der Waals surface area contributed by atoms with Crippen molar-refractivity contribution in [2.45, 2.75) is 18.7 Å². The maximum absolute atomic E-state index is 5.52. The standard InChI is InChI=1S/C11H14OS/c1-4-5-12-11-8(2)6-10(13)7-9(11)3/h4,6-7,13H,1,5H2,2-3H3. The highest BCUT2D eigenvalue weighted by Crippen LogP contribution is 2.26. The Balaban J connectivity index is 2.98. The van der Waals surface area contributed by atoms with E-state index < -0.39 is 0 Å². The van der Waals surface area contributed by atoms with Crippen LogP contribution in [-0.4, -0.2) is 6.61 Å². The molecule has 13 heavy (non-hydrogen) atoms. The van der Waals surface area contributed by atoms with Crippen LogP contribution in [0, 0.1) is 13.8 Å². The van der Waals surface area contributed by atoms with Crippen molar-refractivity contribution in [2.75, 3.05) is 6.61 Å². The lowest BCUT2D eigenvalue weighted by Gasteiger charge is -2.10. The maximum atomic E-state index is 5.52. The van der Waals surface area contributed by atoms with Crippen molar-refractivity contribution in [1.82, 2.24) is 0 Å². The molecule has 1 aromatic rings. The summed E-state index contributed by atoms with van der Waals surface area (Å²) in [5.41, 5.74) is 2.23. The Bertz CT molecular complexity index is 295. The van der Waals surface area contributed by atoms with E-state index in [0.29, 0.717) is 6.61 Å². The molecular weight excluding hydrogens is 180 g/mol. The second-order valence-corrected chi connectivity index (χ2v) is 3.52. The van der Waals surface area contributed by atoms with E-state index in [9.17, 15) is 0 Å². The third kappa shape index (κ3) is 2.52. The molecule has 0 unspecified atom stereocenters. The van der Waals surface area contributed by atoms with E-state index in [0.717, 1.165) is 21.8 Å². The normalized spacial score (nSPS) is 9.77. The summed E-state index contributed by atoms with van der Waals surface area (Å²) in [7, 11) is 0. The SMILES string of the molecule is C=CCOc1c(C)cc(S)cc1C. The van der Waals surface area contributed by atoms with Gasteiger partial charge in [0, 0.05) is 4.90 Å². The smallest absolute Gasteiger partial charge is 0.125 e. The van der Waals surface area contributed by atoms with Crippen molar-refractivity contribution in [1.29, 1.82) is 0 Å². The van der Waals surface area contributed by atoms with Crippen molar-refractivity contribution in [2.24, 2.45) is 0 Å². The summed E-state index contributed by atoms with van der Waals surface area (Å²) in [5.74, 6) is 0.942. The van der Waals surface area contributed by atoms with E-state index in [-0.39, 0.29) is 0 Å². The first-order valence-electron chi connectivity index (χ1n) is 4.19. The molecule has 0 bridgehead atoms. The van der Waals surface area contributed by atoms with Gasteiger partial charge in [0.05, 0.1) is 0 Å². The Kier molecular flexibility index (Phi) is 3.43. The molecule has 0 heterocycles. The van der Waals surface area contributed by atoms with Gasteiger partial charge in [0.2, 0.25) is 0 Å². The predicted molar refractivity (Wildman–Crippen MR) is 58.9 cm³/mol. The fourth-order valence-corrected chi connectivity index (χ4v) is 1.68. The number of thiol groups is 1. The van der Waals surface area contributed by atoms with Crippen LogP contribution < -0.4 is 4.74 Å². The minimum Gasteiger partial charge on any atom is -0.489 e. The highest BCUT2D eigenvalue weighted by atomic mass is 32.1. The minimum absolute atomic E-state index is 0.549. The average Bonchev–Trinajstić information content (AvgIpc) is 2.02. The highest BCUT2D eigenvalue weighted by Gasteiger charge is 2.03. The lowest BCUT2D eigenvalue weighted by molar-refractivity contribution is 0.358. The summed E-state index contributed by atoms with van der Waals surface area (Å²) in [5, 5.41) is 0. The van der Waals surface area contributed by atoms with Gasteiger partial charge in [-0.15, -0.1) is 12.6 Å². The lowest BCUT2D eigenvalue weighted by Crippen LogP contribution is -1.97. The van der Waals surface area contributed by atoms with E-state index in [1.165, 1.54) is 0 Å². The number of benzene rings is 1. The van der Waals surface area contributed by atoms with Crippen LogP contribution in [-0.2, 0) is 0 Å². The van der Waals surface area contributed by atoms with Gasteiger partial charge in [-0.05, 0) is 37.1 Å². The van der Waals surface area contributed by atoms with Crippen LogP contribution in [0.5, 0.6) is 5.75 Å². The molecule has 0 N–H and O–H groups in total. The number of hydrogen-bond donors (Lipinski definition) is 1. The Morgan fingerprint density at radius 1 is 1.38 bits per heavy atom. The number of aryl methyl sites for hydroxylation is 2. The minimum atomic E-state index is 0.549. The van der Waals surface area contributed by atoms with Gasteiger partial charge in [-0.2, -0.15) is 0 Å². The first kappa shape index (κ1) is 10.2. The quantitative estimate of drug-likeness (QED) is 0.574. The molecule has 0 amide bonds. The van der Waals surface area contributed by atoms with E-state index in [1.807, 2.05) is 26.0 Å². The predicted octanol–water partition coefficient (Wildman–Crippen LogP) is 3.16. The fourth-order valence-electron chi connectivity index (χ4n) is 1.30. The van der Waals surface area contributed by atoms with Crippen molar-refractivity contribution in [3.05, 3.63) is 35.9 Å². The number of rotatable bonds is 3. The van der Waals surface area contributed by atoms with Gasteiger partial charge in [-0.1, -0.05) is 12.7 Å². The number of hydrogen-bond acceptors (Lipinski definition) is 2. The van der Waals surface area contributed by atoms with E-state index in [1.54, 1.807) is 6.08 Å². The van der Waals surface area contributed by atoms with Crippen LogP contribution in [0.2, 0.25) is 0 Å². The molecule has 1 nitrogen and oxygen atoms in total. The van der Waals surface area contributed by atoms with Crippen molar-refractivity contribution >= 4 is 12.6 Å². The Morgan fingerprint density at radius 2 is 1.92 bits per heavy atom. The first-order chi connectivity index (χ1) is 6.15. The van der Waals surface area contributed by atoms with Crippen molar-refractivity contribution in [3.8, 4) is 5.75 Å². The van der Waals surface area contributed by atoms with Gasteiger partial charge in [0.25, 0.3) is 0 Å². The molecular formula is C11H14OS. The third-order valence-corrected chi connectivity index (χ3v) is 2.05. The second-order valence-electron chi connectivity index (χ2n) is 3.01. The summed E-state index contributed by atoms with van der Waals surface area (Å²) >= 11 is 4.29. The topological polar surface area (TPSA) is 9.23 Å². The highest BCUT2D eigenvalue weighted by molar-refractivity contribution is 7.80. The summed E-state index contributed by atoms with van der Waals surface area (Å²) in [6.07, 6.45) is 1.74. The van der Waals surface area contributed by atoms with Crippen LogP contribution in [0.25, 0.3) is 0 Å². The van der Waals surface area contributed by atoms with Gasteiger partial charge in [-0.3, -0.25) is 0 Å². The van der Waals surface area contributed by atoms with E-state index >= 15 is 0 Å². The molecule has 0 aliphatic heterocycles. The molecule has 0 atom stereocenters. The fraction of sp³-hybridized carbons (Fsp3) is 0.273. The Hall–Kier alpha value is -0.890. The molecule has 0 saturated heterocycles. The zero-order valence-corrected chi connectivity index (χ0v) is 8.90. The second kappa shape index (κ2) is 4.38. The van der Waals surface area contributed by atoms with Crippen molar-refractivity contribution in [3.63, 3.8) is 0 Å². The monoisotopic (exact) mass is 194 g/mol. The molecule has 1 rings (SSSR count). The molecule has 2 heteroatoms. The van der Waals surface area contributed by atoms with E-state index in [4.69, 9.17) is 4.74 Å². The summed E-state index contributed by atoms with van der Waals surface area (Å²) < 4.78 is 5.52. The molecule has 70 valence electrons. The molecule has 0 saturated carbocycles. The van der Waals surface area contributed by atoms with Crippen LogP contribution in [0.3, 0.4) is 0 Å². The molecule has 0 fully saturated rings. The van der Waals surface area contributed by atoms with Crippen molar-refractivity contribution < 1.29 is 4.74 Å². The number of ether oxygens (including phenoxy) is 1. The Morgan fingerprint density at radius 3 is 2.38 bits per heavy atom. The lowest BCUT2D eigenvalue weighted by atomic mass is 10.1. The molecule has 0 aliphatic rings. The zero-order chi connectivity index (χ0) is 9.84. The largest absolute Gasteiger partial charge is 0.489 e. The van der Waals surface area contributed by atoms with E-state index in [2.05, 4.69) is 19.2 Å². The van der Waals surface area contributed by atoms with Gasteiger partial charge in [0.1, 0.15) is 12.4 Å². The maximum Gasteiger partial charge on any atom is 0.125 e. The molecule has 0 spiro atoms.